The third-order valence-corrected chi connectivity index (χ3v) is 5.63. The lowest BCUT2D eigenvalue weighted by Gasteiger charge is -2.36. The Kier molecular flexibility index (Phi) is 5.47. The third-order valence-electron chi connectivity index (χ3n) is 5.04. The van der Waals surface area contributed by atoms with Gasteiger partial charge in [-0.25, -0.2) is 5.48 Å². The lowest BCUT2D eigenvalue weighted by atomic mass is 9.82. The van der Waals surface area contributed by atoms with Crippen LogP contribution >= 0.6 is 23.2 Å². The smallest absolute Gasteiger partial charge is 0.274 e. The van der Waals surface area contributed by atoms with Crippen molar-refractivity contribution in [1.82, 2.24) is 10.4 Å². The van der Waals surface area contributed by atoms with Gasteiger partial charge in [-0.3, -0.25) is 14.8 Å². The van der Waals surface area contributed by atoms with Gasteiger partial charge in [0.25, 0.3) is 5.91 Å². The third kappa shape index (κ3) is 3.81. The Labute approximate surface area is 167 Å². The summed E-state index contributed by atoms with van der Waals surface area (Å²) in [6.07, 6.45) is 0.587. The number of carbonyl (C=O) groups excluding carboxylic acids is 2. The molecule has 0 saturated carbocycles. The van der Waals surface area contributed by atoms with Gasteiger partial charge < -0.3 is 4.90 Å². The molecule has 7 heteroatoms. The molecule has 0 bridgehead atoms. The Morgan fingerprint density at radius 3 is 2.44 bits per heavy atom. The highest BCUT2D eigenvalue weighted by atomic mass is 35.5. The van der Waals surface area contributed by atoms with E-state index < -0.39 is 11.3 Å². The molecule has 1 heterocycles. The number of hydrogen-bond acceptors (Lipinski definition) is 3. The molecule has 0 aliphatic carbocycles. The van der Waals surface area contributed by atoms with E-state index in [1.165, 1.54) is 6.07 Å². The number of rotatable bonds is 3. The quantitative estimate of drug-likeness (QED) is 0.598. The first-order valence-electron chi connectivity index (χ1n) is 8.55. The van der Waals surface area contributed by atoms with Gasteiger partial charge in [-0.15, -0.1) is 0 Å². The van der Waals surface area contributed by atoms with Crippen LogP contribution in [-0.4, -0.2) is 28.5 Å². The van der Waals surface area contributed by atoms with Gasteiger partial charge in [0.05, 0.1) is 5.41 Å². The number of nitrogens with one attached hydrogen (secondary N) is 1. The summed E-state index contributed by atoms with van der Waals surface area (Å²) in [4.78, 5) is 26.6. The van der Waals surface area contributed by atoms with Crippen LogP contribution in [0.3, 0.4) is 0 Å². The van der Waals surface area contributed by atoms with E-state index in [1.807, 2.05) is 26.0 Å². The Bertz CT molecular complexity index is 895. The van der Waals surface area contributed by atoms with Gasteiger partial charge in [-0.2, -0.15) is 0 Å². The number of benzene rings is 2. The molecule has 3 rings (SSSR count). The molecule has 0 unspecified atom stereocenters. The SMILES string of the molecule is CC(C)(C(=O)N1CCc2cc(C(=O)NO)cc(Cl)c2C1)c1ccc(Cl)cc1. The molecule has 2 amide bonds. The van der Waals surface area contributed by atoms with Crippen molar-refractivity contribution < 1.29 is 14.8 Å². The fourth-order valence-electron chi connectivity index (χ4n) is 3.37. The molecule has 0 fully saturated rings. The van der Waals surface area contributed by atoms with Crippen LogP contribution in [0.1, 0.15) is 40.9 Å². The molecule has 1 aliphatic heterocycles. The largest absolute Gasteiger partial charge is 0.337 e. The van der Waals surface area contributed by atoms with Crippen molar-refractivity contribution in [3.05, 3.63) is 68.7 Å². The summed E-state index contributed by atoms with van der Waals surface area (Å²) >= 11 is 12.3. The van der Waals surface area contributed by atoms with E-state index in [4.69, 9.17) is 28.4 Å². The van der Waals surface area contributed by atoms with E-state index in [-0.39, 0.29) is 5.91 Å². The number of hydroxylamine groups is 1. The first kappa shape index (κ1) is 19.7. The lowest BCUT2D eigenvalue weighted by molar-refractivity contribution is -0.137. The molecule has 0 saturated heterocycles. The number of nitrogens with zero attached hydrogens (tertiary/aromatic N) is 1. The highest BCUT2D eigenvalue weighted by Crippen LogP contribution is 2.32. The Balaban J connectivity index is 1.86. The minimum Gasteiger partial charge on any atom is -0.337 e. The second-order valence-electron chi connectivity index (χ2n) is 7.15. The molecule has 142 valence electrons. The summed E-state index contributed by atoms with van der Waals surface area (Å²) in [5.74, 6) is -0.606. The highest BCUT2D eigenvalue weighted by Gasteiger charge is 2.35. The molecule has 5 nitrogen and oxygen atoms in total. The summed E-state index contributed by atoms with van der Waals surface area (Å²) < 4.78 is 0. The maximum absolute atomic E-state index is 13.2. The number of carbonyl (C=O) groups is 2. The van der Waals surface area contributed by atoms with Gasteiger partial charge in [0.15, 0.2) is 0 Å². The molecule has 1 aliphatic rings. The summed E-state index contributed by atoms with van der Waals surface area (Å²) in [7, 11) is 0. The highest BCUT2D eigenvalue weighted by molar-refractivity contribution is 6.32. The fourth-order valence-corrected chi connectivity index (χ4v) is 3.80. The molecule has 0 atom stereocenters. The van der Waals surface area contributed by atoms with Crippen LogP contribution in [-0.2, 0) is 23.2 Å². The zero-order valence-corrected chi connectivity index (χ0v) is 16.6. The predicted octanol–water partition coefficient (Wildman–Crippen LogP) is 3.97. The molecule has 0 aromatic heterocycles. The van der Waals surface area contributed by atoms with Crippen LogP contribution in [0.15, 0.2) is 36.4 Å². The van der Waals surface area contributed by atoms with Crippen LogP contribution in [0, 0.1) is 0 Å². The van der Waals surface area contributed by atoms with Crippen molar-refractivity contribution in [1.29, 1.82) is 0 Å². The summed E-state index contributed by atoms with van der Waals surface area (Å²) in [6.45, 7) is 4.70. The van der Waals surface area contributed by atoms with Crippen molar-refractivity contribution in [3.8, 4) is 0 Å². The van der Waals surface area contributed by atoms with Crippen molar-refractivity contribution in [3.63, 3.8) is 0 Å². The van der Waals surface area contributed by atoms with Crippen LogP contribution < -0.4 is 5.48 Å². The molecule has 2 aromatic carbocycles. The number of amides is 2. The van der Waals surface area contributed by atoms with E-state index in [0.29, 0.717) is 35.1 Å². The number of hydrogen-bond donors (Lipinski definition) is 2. The second kappa shape index (κ2) is 7.50. The van der Waals surface area contributed by atoms with E-state index in [9.17, 15) is 9.59 Å². The molecular weight excluding hydrogens is 387 g/mol. The van der Waals surface area contributed by atoms with E-state index >= 15 is 0 Å². The van der Waals surface area contributed by atoms with Crippen LogP contribution in [0.25, 0.3) is 0 Å². The van der Waals surface area contributed by atoms with E-state index in [0.717, 1.165) is 16.7 Å². The lowest BCUT2D eigenvalue weighted by Crippen LogP contribution is -2.45. The van der Waals surface area contributed by atoms with Gasteiger partial charge in [-0.1, -0.05) is 35.3 Å². The minimum absolute atomic E-state index is 0.00344. The predicted molar refractivity (Wildman–Crippen MR) is 104 cm³/mol. The normalized spacial score (nSPS) is 13.9. The summed E-state index contributed by atoms with van der Waals surface area (Å²) in [5.41, 5.74) is 3.84. The topological polar surface area (TPSA) is 69.6 Å². The zero-order chi connectivity index (χ0) is 19.8. The van der Waals surface area contributed by atoms with Gasteiger partial charge in [0.2, 0.25) is 5.91 Å². The van der Waals surface area contributed by atoms with Crippen molar-refractivity contribution >= 4 is 35.0 Å². The number of halogens is 2. The Morgan fingerprint density at radius 1 is 1.15 bits per heavy atom. The van der Waals surface area contributed by atoms with Gasteiger partial charge >= 0.3 is 0 Å². The molecule has 2 aromatic rings. The van der Waals surface area contributed by atoms with E-state index in [1.54, 1.807) is 28.6 Å². The monoisotopic (exact) mass is 406 g/mol. The average molecular weight is 407 g/mol. The van der Waals surface area contributed by atoms with Crippen molar-refractivity contribution in [2.75, 3.05) is 6.54 Å². The van der Waals surface area contributed by atoms with Crippen LogP contribution in [0.5, 0.6) is 0 Å². The van der Waals surface area contributed by atoms with Crippen LogP contribution in [0.2, 0.25) is 10.0 Å². The zero-order valence-electron chi connectivity index (χ0n) is 15.1. The van der Waals surface area contributed by atoms with Crippen molar-refractivity contribution in [2.24, 2.45) is 0 Å². The minimum atomic E-state index is -0.703. The molecule has 0 radical (unpaired) electrons. The summed E-state index contributed by atoms with van der Waals surface area (Å²) in [6, 6.07) is 10.5. The Morgan fingerprint density at radius 2 is 1.81 bits per heavy atom. The standard InChI is InChI=1S/C20H20Cl2N2O3/c1-20(2,14-3-5-15(21)6-4-14)19(26)24-8-7-12-9-13(18(25)23-27)10-17(22)16(12)11-24/h3-6,9-10,27H,7-8,11H2,1-2H3,(H,23,25). The van der Waals surface area contributed by atoms with Gasteiger partial charge in [0.1, 0.15) is 0 Å². The maximum atomic E-state index is 13.2. The van der Waals surface area contributed by atoms with E-state index in [2.05, 4.69) is 0 Å². The van der Waals surface area contributed by atoms with Gasteiger partial charge in [-0.05, 0) is 61.2 Å². The first-order valence-corrected chi connectivity index (χ1v) is 9.30. The molecule has 27 heavy (non-hydrogen) atoms. The molecule has 2 N–H and O–H groups in total. The average Bonchev–Trinajstić information content (AvgIpc) is 2.66. The first-order chi connectivity index (χ1) is 12.7. The van der Waals surface area contributed by atoms with Gasteiger partial charge in [0, 0.05) is 28.7 Å². The maximum Gasteiger partial charge on any atom is 0.274 e. The Hall–Kier alpha value is -2.08. The summed E-state index contributed by atoms with van der Waals surface area (Å²) in [5, 5.41) is 9.85. The second-order valence-corrected chi connectivity index (χ2v) is 7.99. The fraction of sp³-hybridized carbons (Fsp3) is 0.300. The molecule has 0 spiro atoms. The molecular formula is C20H20Cl2N2O3. The van der Waals surface area contributed by atoms with Crippen molar-refractivity contribution in [2.45, 2.75) is 32.2 Å². The van der Waals surface area contributed by atoms with Crippen LogP contribution in [0.4, 0.5) is 0 Å². The number of fused-ring (bicyclic) bond motifs is 1.